The molecule has 1 aliphatic carbocycles. The number of carbonyl (C=O) groups excluding carboxylic acids is 1. The molecule has 1 N–H and O–H groups in total. The summed E-state index contributed by atoms with van der Waals surface area (Å²) in [5.74, 6) is -1.10. The maximum Gasteiger partial charge on any atom is 0.327 e. The van der Waals surface area contributed by atoms with Crippen LogP contribution in [-0.4, -0.2) is 54.9 Å². The van der Waals surface area contributed by atoms with Gasteiger partial charge in [0.15, 0.2) is 12.6 Å². The third kappa shape index (κ3) is 9.84. The second kappa shape index (κ2) is 15.9. The topological polar surface area (TPSA) is 91.3 Å². The van der Waals surface area contributed by atoms with Crippen LogP contribution in [0, 0.1) is 11.8 Å². The molecular weight excluding hydrogens is 496 g/mol. The lowest BCUT2D eigenvalue weighted by Crippen LogP contribution is -2.31. The van der Waals surface area contributed by atoms with E-state index in [0.29, 0.717) is 38.9 Å². The van der Waals surface area contributed by atoms with Gasteiger partial charge in [-0.2, -0.15) is 0 Å². The van der Waals surface area contributed by atoms with Crippen LogP contribution in [-0.2, 0) is 35.0 Å². The fourth-order valence-corrected chi connectivity index (χ4v) is 5.53. The maximum atomic E-state index is 13.3. The highest BCUT2D eigenvalue weighted by Gasteiger charge is 2.42. The van der Waals surface area contributed by atoms with Gasteiger partial charge in [0.05, 0.1) is 12.2 Å². The van der Waals surface area contributed by atoms with Crippen LogP contribution < -0.4 is 0 Å². The van der Waals surface area contributed by atoms with Crippen LogP contribution in [0.1, 0.15) is 63.4 Å². The summed E-state index contributed by atoms with van der Waals surface area (Å²) < 4.78 is 24.4. The minimum absolute atomic E-state index is 0.0257. The highest BCUT2D eigenvalue weighted by Crippen LogP contribution is 2.37. The largest absolute Gasteiger partial charge is 0.478 e. The van der Waals surface area contributed by atoms with Crippen LogP contribution in [0.25, 0.3) is 0 Å². The summed E-state index contributed by atoms with van der Waals surface area (Å²) in [5.41, 5.74) is 1.17. The standard InChI is InChI=1S/C32H42O7/c33-28-23-29(39-32-17-9-11-21-37-32)27(14-6-1-2-7-15-30(34)35)26(28)19-18-25(22-24-12-4-3-5-13-24)38-31-16-8-10-20-36-31/h1,3-7,12-13,15,18-19,25-27,29,31-32H,2,8-11,14,16-17,20-23H2,(H,34,35)/b6-1-,15-7+,19-18+/t25-,26-,27-,29+,31?,32?/m1/s1. The van der Waals surface area contributed by atoms with E-state index in [0.717, 1.165) is 44.6 Å². The molecule has 3 fully saturated rings. The van der Waals surface area contributed by atoms with E-state index in [-0.39, 0.29) is 42.4 Å². The maximum absolute atomic E-state index is 13.3. The Bertz CT molecular complexity index is 973. The summed E-state index contributed by atoms with van der Waals surface area (Å²) in [6, 6.07) is 10.2. The first-order valence-electron chi connectivity index (χ1n) is 14.4. The number of Topliss-reactive ketones (excluding diaryl/α,β-unsaturated/α-hetero) is 1. The molecule has 0 radical (unpaired) electrons. The number of hydrogen-bond donors (Lipinski definition) is 1. The lowest BCUT2D eigenvalue weighted by atomic mass is 9.89. The number of carbonyl (C=O) groups is 2. The average Bonchev–Trinajstić information content (AvgIpc) is 3.24. The number of hydrogen-bond acceptors (Lipinski definition) is 6. The lowest BCUT2D eigenvalue weighted by molar-refractivity contribution is -0.195. The Balaban J connectivity index is 1.47. The Labute approximate surface area is 231 Å². The number of benzene rings is 1. The summed E-state index contributed by atoms with van der Waals surface area (Å²) in [7, 11) is 0. The van der Waals surface area contributed by atoms with Gasteiger partial charge in [0.1, 0.15) is 5.78 Å². The second-order valence-electron chi connectivity index (χ2n) is 10.6. The van der Waals surface area contributed by atoms with Gasteiger partial charge < -0.3 is 24.1 Å². The van der Waals surface area contributed by atoms with Crippen molar-refractivity contribution in [3.05, 3.63) is 72.4 Å². The molecule has 2 heterocycles. The van der Waals surface area contributed by atoms with Gasteiger partial charge >= 0.3 is 5.97 Å². The van der Waals surface area contributed by atoms with Crippen molar-refractivity contribution < 1.29 is 33.6 Å². The highest BCUT2D eigenvalue weighted by molar-refractivity contribution is 5.86. The molecule has 0 bridgehead atoms. The molecule has 2 saturated heterocycles. The molecule has 212 valence electrons. The van der Waals surface area contributed by atoms with Crippen molar-refractivity contribution in [1.29, 1.82) is 0 Å². The molecule has 1 aromatic rings. The molecule has 7 nitrogen and oxygen atoms in total. The van der Waals surface area contributed by atoms with Gasteiger partial charge in [0, 0.05) is 44.0 Å². The van der Waals surface area contributed by atoms with E-state index in [2.05, 4.69) is 12.1 Å². The van der Waals surface area contributed by atoms with Crippen molar-refractivity contribution in [2.24, 2.45) is 11.8 Å². The molecule has 4 rings (SSSR count). The van der Waals surface area contributed by atoms with Crippen molar-refractivity contribution in [1.82, 2.24) is 0 Å². The third-order valence-electron chi connectivity index (χ3n) is 7.56. The molecule has 1 saturated carbocycles. The van der Waals surface area contributed by atoms with Crippen LogP contribution >= 0.6 is 0 Å². The summed E-state index contributed by atoms with van der Waals surface area (Å²) in [4.78, 5) is 24.0. The molecule has 2 aliphatic heterocycles. The summed E-state index contributed by atoms with van der Waals surface area (Å²) in [6.07, 6.45) is 18.1. The number of rotatable bonds is 13. The Hall–Kier alpha value is -2.58. The number of aliphatic carboxylic acids is 1. The molecule has 0 aromatic heterocycles. The average molecular weight is 539 g/mol. The number of allylic oxidation sites excluding steroid dienone is 4. The molecule has 7 heteroatoms. The first-order valence-corrected chi connectivity index (χ1v) is 14.4. The predicted molar refractivity (Wildman–Crippen MR) is 148 cm³/mol. The van der Waals surface area contributed by atoms with Gasteiger partial charge in [-0.1, -0.05) is 60.7 Å². The van der Waals surface area contributed by atoms with Crippen LogP contribution in [0.15, 0.2) is 66.8 Å². The molecule has 6 atom stereocenters. The van der Waals surface area contributed by atoms with Gasteiger partial charge in [0.25, 0.3) is 0 Å². The lowest BCUT2D eigenvalue weighted by Gasteiger charge is -2.29. The van der Waals surface area contributed by atoms with E-state index in [1.54, 1.807) is 6.08 Å². The first kappa shape index (κ1) is 29.4. The minimum Gasteiger partial charge on any atom is -0.478 e. The number of carboxylic acids is 1. The van der Waals surface area contributed by atoms with Gasteiger partial charge in [-0.05, 0) is 56.9 Å². The van der Waals surface area contributed by atoms with E-state index >= 15 is 0 Å². The van der Waals surface area contributed by atoms with Gasteiger partial charge in [-0.15, -0.1) is 0 Å². The van der Waals surface area contributed by atoms with Crippen LogP contribution in [0.3, 0.4) is 0 Å². The van der Waals surface area contributed by atoms with E-state index in [9.17, 15) is 9.59 Å². The Morgan fingerprint density at radius 3 is 2.44 bits per heavy atom. The van der Waals surface area contributed by atoms with Crippen molar-refractivity contribution in [2.75, 3.05) is 13.2 Å². The predicted octanol–water partition coefficient (Wildman–Crippen LogP) is 5.79. The fourth-order valence-electron chi connectivity index (χ4n) is 5.53. The van der Waals surface area contributed by atoms with Gasteiger partial charge in [-0.3, -0.25) is 4.79 Å². The van der Waals surface area contributed by atoms with Gasteiger partial charge in [0.2, 0.25) is 0 Å². The van der Waals surface area contributed by atoms with Crippen LogP contribution in [0.2, 0.25) is 0 Å². The fraction of sp³-hybridized carbons (Fsp3) is 0.562. The monoisotopic (exact) mass is 538 g/mol. The number of carboxylic acid groups (broad SMARTS) is 1. The van der Waals surface area contributed by atoms with Crippen LogP contribution in [0.4, 0.5) is 0 Å². The molecule has 1 aromatic carbocycles. The van der Waals surface area contributed by atoms with E-state index in [1.165, 1.54) is 5.56 Å². The zero-order valence-corrected chi connectivity index (χ0v) is 22.7. The second-order valence-corrected chi connectivity index (χ2v) is 10.6. The van der Waals surface area contributed by atoms with E-state index in [1.807, 2.05) is 42.5 Å². The molecular formula is C32H42O7. The zero-order valence-electron chi connectivity index (χ0n) is 22.7. The van der Waals surface area contributed by atoms with E-state index < -0.39 is 5.97 Å². The summed E-state index contributed by atoms with van der Waals surface area (Å²) >= 11 is 0. The Morgan fingerprint density at radius 1 is 1.00 bits per heavy atom. The van der Waals surface area contributed by atoms with Crippen LogP contribution in [0.5, 0.6) is 0 Å². The third-order valence-corrected chi connectivity index (χ3v) is 7.56. The molecule has 0 amide bonds. The first-order chi connectivity index (χ1) is 19.1. The van der Waals surface area contributed by atoms with Crippen molar-refractivity contribution in [3.63, 3.8) is 0 Å². The highest BCUT2D eigenvalue weighted by atomic mass is 16.7. The van der Waals surface area contributed by atoms with Crippen molar-refractivity contribution in [3.8, 4) is 0 Å². The number of ketones is 1. The van der Waals surface area contributed by atoms with Crippen molar-refractivity contribution in [2.45, 2.75) is 89.0 Å². The molecule has 0 spiro atoms. The molecule has 3 aliphatic rings. The summed E-state index contributed by atoms with van der Waals surface area (Å²) in [5, 5.41) is 8.79. The normalized spacial score (nSPS) is 29.0. The summed E-state index contributed by atoms with van der Waals surface area (Å²) in [6.45, 7) is 1.41. The molecule has 39 heavy (non-hydrogen) atoms. The quantitative estimate of drug-likeness (QED) is 0.251. The molecule has 2 unspecified atom stereocenters. The Kier molecular flexibility index (Phi) is 12.0. The van der Waals surface area contributed by atoms with E-state index in [4.69, 9.17) is 24.1 Å². The van der Waals surface area contributed by atoms with Gasteiger partial charge in [-0.25, -0.2) is 4.79 Å². The number of ether oxygens (including phenoxy) is 4. The SMILES string of the molecule is O=C(O)/C=C/C/C=C\C[C@H]1[C@@H](OC2CCCCO2)CC(=O)[C@@H]1/C=C/[C@H](Cc1ccccc1)OC1CCCCO1. The van der Waals surface area contributed by atoms with Crippen molar-refractivity contribution >= 4 is 11.8 Å². The smallest absolute Gasteiger partial charge is 0.327 e. The zero-order chi connectivity index (χ0) is 27.3. The Morgan fingerprint density at radius 2 is 1.74 bits per heavy atom. The minimum atomic E-state index is -0.957.